The molecule has 1 amide bonds. The average molecular weight is 278 g/mol. The number of amides is 1. The highest BCUT2D eigenvalue weighted by molar-refractivity contribution is 7.81. The molecule has 2 fully saturated rings. The van der Waals surface area contributed by atoms with Gasteiger partial charge in [0, 0.05) is 49.7 Å². The van der Waals surface area contributed by atoms with Crippen LogP contribution >= 0.6 is 12.6 Å². The molecule has 0 bridgehead atoms. The molecule has 5 nitrogen and oxygen atoms in total. The van der Waals surface area contributed by atoms with Crippen molar-refractivity contribution >= 4 is 24.5 Å². The molecule has 0 N–H and O–H groups in total. The third-order valence-electron chi connectivity index (χ3n) is 3.81. The molecule has 2 aliphatic heterocycles. The van der Waals surface area contributed by atoms with E-state index in [2.05, 4.69) is 27.5 Å². The number of aromatic nitrogens is 2. The van der Waals surface area contributed by atoms with Crippen LogP contribution in [0.25, 0.3) is 0 Å². The molecule has 0 saturated carbocycles. The number of carbonyl (C=O) groups excluding carboxylic acids is 1. The van der Waals surface area contributed by atoms with E-state index in [1.807, 2.05) is 11.0 Å². The summed E-state index contributed by atoms with van der Waals surface area (Å²) in [6.45, 7) is 2.57. The van der Waals surface area contributed by atoms with Crippen molar-refractivity contribution in [2.24, 2.45) is 0 Å². The number of thiol groups is 1. The van der Waals surface area contributed by atoms with E-state index in [1.165, 1.54) is 0 Å². The van der Waals surface area contributed by atoms with Gasteiger partial charge in [-0.25, -0.2) is 9.97 Å². The van der Waals surface area contributed by atoms with Gasteiger partial charge < -0.3 is 9.80 Å². The molecule has 2 unspecified atom stereocenters. The second-order valence-corrected chi connectivity index (χ2v) is 5.93. The van der Waals surface area contributed by atoms with Crippen LogP contribution in [0.5, 0.6) is 0 Å². The summed E-state index contributed by atoms with van der Waals surface area (Å²) >= 11 is 4.42. The van der Waals surface area contributed by atoms with Crippen LogP contribution in [0.2, 0.25) is 0 Å². The van der Waals surface area contributed by atoms with Gasteiger partial charge in [-0.2, -0.15) is 12.6 Å². The minimum Gasteiger partial charge on any atom is -0.339 e. The molecule has 2 saturated heterocycles. The minimum atomic E-state index is 0.191. The summed E-state index contributed by atoms with van der Waals surface area (Å²) in [5.74, 6) is 1.00. The van der Waals surface area contributed by atoms with E-state index in [4.69, 9.17) is 0 Å². The van der Waals surface area contributed by atoms with E-state index in [0.29, 0.717) is 6.42 Å². The standard InChI is InChI=1S/C13H18N4OS/c18-12-7-11(19)9-17(12)10-3-1-6-16(8-10)13-14-4-2-5-15-13/h2,4-5,10-11,19H,1,3,6-9H2. The highest BCUT2D eigenvalue weighted by atomic mass is 32.1. The Morgan fingerprint density at radius 3 is 2.74 bits per heavy atom. The number of hydrogen-bond acceptors (Lipinski definition) is 5. The van der Waals surface area contributed by atoms with Crippen molar-refractivity contribution in [1.82, 2.24) is 14.9 Å². The monoisotopic (exact) mass is 278 g/mol. The van der Waals surface area contributed by atoms with E-state index in [1.54, 1.807) is 12.4 Å². The lowest BCUT2D eigenvalue weighted by atomic mass is 10.0. The maximum atomic E-state index is 12.0. The molecule has 102 valence electrons. The van der Waals surface area contributed by atoms with Gasteiger partial charge in [-0.15, -0.1) is 0 Å². The zero-order chi connectivity index (χ0) is 13.2. The lowest BCUT2D eigenvalue weighted by molar-refractivity contribution is -0.129. The van der Waals surface area contributed by atoms with Crippen LogP contribution in [-0.4, -0.2) is 51.7 Å². The molecule has 3 rings (SSSR count). The summed E-state index contributed by atoms with van der Waals surface area (Å²) in [4.78, 5) is 24.7. The lowest BCUT2D eigenvalue weighted by Gasteiger charge is -2.37. The van der Waals surface area contributed by atoms with Crippen molar-refractivity contribution in [2.75, 3.05) is 24.5 Å². The van der Waals surface area contributed by atoms with Gasteiger partial charge in [0.2, 0.25) is 11.9 Å². The highest BCUT2D eigenvalue weighted by Crippen LogP contribution is 2.25. The molecule has 1 aromatic rings. The average Bonchev–Trinajstić information content (AvgIpc) is 2.79. The van der Waals surface area contributed by atoms with E-state index in [0.717, 1.165) is 38.4 Å². The Kier molecular flexibility index (Phi) is 3.59. The van der Waals surface area contributed by atoms with Crippen LogP contribution in [0.4, 0.5) is 5.95 Å². The Hall–Kier alpha value is -1.30. The molecular formula is C13H18N4OS. The first kappa shape index (κ1) is 12.7. The number of rotatable bonds is 2. The number of anilines is 1. The molecule has 19 heavy (non-hydrogen) atoms. The topological polar surface area (TPSA) is 49.3 Å². The van der Waals surface area contributed by atoms with Gasteiger partial charge in [0.15, 0.2) is 0 Å². The van der Waals surface area contributed by atoms with E-state index < -0.39 is 0 Å². The third kappa shape index (κ3) is 2.68. The van der Waals surface area contributed by atoms with Crippen molar-refractivity contribution in [3.05, 3.63) is 18.5 Å². The number of likely N-dealkylation sites (tertiary alicyclic amines) is 1. The number of carbonyl (C=O) groups is 1. The van der Waals surface area contributed by atoms with Gasteiger partial charge in [-0.05, 0) is 18.9 Å². The molecule has 3 heterocycles. The molecule has 6 heteroatoms. The van der Waals surface area contributed by atoms with Gasteiger partial charge in [-0.3, -0.25) is 4.79 Å². The maximum absolute atomic E-state index is 12.0. The largest absolute Gasteiger partial charge is 0.339 e. The number of piperidine rings is 1. The van der Waals surface area contributed by atoms with Gasteiger partial charge in [0.25, 0.3) is 0 Å². The zero-order valence-corrected chi connectivity index (χ0v) is 11.7. The number of hydrogen-bond donors (Lipinski definition) is 1. The Morgan fingerprint density at radius 1 is 1.26 bits per heavy atom. The summed E-state index contributed by atoms with van der Waals surface area (Å²) in [5.41, 5.74) is 0. The van der Waals surface area contributed by atoms with Crippen LogP contribution in [0, 0.1) is 0 Å². The summed E-state index contributed by atoms with van der Waals surface area (Å²) in [6.07, 6.45) is 6.23. The Balaban J connectivity index is 1.70. The van der Waals surface area contributed by atoms with Crippen molar-refractivity contribution < 1.29 is 4.79 Å². The predicted octanol–water partition coefficient (Wildman–Crippen LogP) is 0.976. The van der Waals surface area contributed by atoms with E-state index in [9.17, 15) is 4.79 Å². The normalized spacial score (nSPS) is 27.9. The van der Waals surface area contributed by atoms with Crippen molar-refractivity contribution in [1.29, 1.82) is 0 Å². The van der Waals surface area contributed by atoms with Crippen molar-refractivity contribution in [3.8, 4) is 0 Å². The smallest absolute Gasteiger partial charge is 0.225 e. The van der Waals surface area contributed by atoms with Gasteiger partial charge in [0.05, 0.1) is 0 Å². The lowest BCUT2D eigenvalue weighted by Crippen LogP contribution is -2.49. The Labute approximate surface area is 118 Å². The zero-order valence-electron chi connectivity index (χ0n) is 10.8. The first-order chi connectivity index (χ1) is 9.24. The van der Waals surface area contributed by atoms with Gasteiger partial charge in [-0.1, -0.05) is 0 Å². The second-order valence-electron chi connectivity index (χ2n) is 5.19. The van der Waals surface area contributed by atoms with Crippen LogP contribution in [0.15, 0.2) is 18.5 Å². The fourth-order valence-corrected chi connectivity index (χ4v) is 3.24. The summed E-state index contributed by atoms with van der Waals surface area (Å²) in [7, 11) is 0. The molecule has 0 radical (unpaired) electrons. The molecule has 0 spiro atoms. The predicted molar refractivity (Wildman–Crippen MR) is 76.4 cm³/mol. The SMILES string of the molecule is O=C1CC(S)CN1C1CCCN(c2ncccn2)C1. The quantitative estimate of drug-likeness (QED) is 0.819. The van der Waals surface area contributed by atoms with Crippen molar-refractivity contribution in [2.45, 2.75) is 30.6 Å². The van der Waals surface area contributed by atoms with E-state index >= 15 is 0 Å². The van der Waals surface area contributed by atoms with Crippen LogP contribution < -0.4 is 4.90 Å². The van der Waals surface area contributed by atoms with Crippen LogP contribution in [-0.2, 0) is 4.79 Å². The second kappa shape index (κ2) is 5.36. The minimum absolute atomic E-state index is 0.191. The highest BCUT2D eigenvalue weighted by Gasteiger charge is 2.35. The van der Waals surface area contributed by atoms with Gasteiger partial charge in [0.1, 0.15) is 0 Å². The molecular weight excluding hydrogens is 260 g/mol. The number of nitrogens with zero attached hydrogens (tertiary/aromatic N) is 4. The summed E-state index contributed by atoms with van der Waals surface area (Å²) in [5, 5.41) is 0.191. The fraction of sp³-hybridized carbons (Fsp3) is 0.615. The van der Waals surface area contributed by atoms with E-state index in [-0.39, 0.29) is 17.2 Å². The molecule has 0 aliphatic carbocycles. The fourth-order valence-electron chi connectivity index (χ4n) is 2.91. The first-order valence-electron chi connectivity index (χ1n) is 6.73. The summed E-state index contributed by atoms with van der Waals surface area (Å²) in [6, 6.07) is 2.10. The molecule has 0 aromatic carbocycles. The third-order valence-corrected chi connectivity index (χ3v) is 4.16. The molecule has 1 aromatic heterocycles. The maximum Gasteiger partial charge on any atom is 0.225 e. The Bertz CT molecular complexity index is 455. The Morgan fingerprint density at radius 2 is 2.05 bits per heavy atom. The van der Waals surface area contributed by atoms with Crippen LogP contribution in [0.3, 0.4) is 0 Å². The summed E-state index contributed by atoms with van der Waals surface area (Å²) < 4.78 is 0. The van der Waals surface area contributed by atoms with Crippen molar-refractivity contribution in [3.63, 3.8) is 0 Å². The first-order valence-corrected chi connectivity index (χ1v) is 7.25. The molecule has 2 atom stereocenters. The molecule has 2 aliphatic rings. The van der Waals surface area contributed by atoms with Gasteiger partial charge >= 0.3 is 0 Å². The van der Waals surface area contributed by atoms with Crippen LogP contribution in [0.1, 0.15) is 19.3 Å².